The van der Waals surface area contributed by atoms with E-state index in [0.29, 0.717) is 10.1 Å². The second kappa shape index (κ2) is 7.15. The molecule has 2 nitrogen and oxygen atoms in total. The van der Waals surface area contributed by atoms with Crippen molar-refractivity contribution in [1.29, 1.82) is 0 Å². The molecule has 0 saturated heterocycles. The fourth-order valence-electron chi connectivity index (χ4n) is 7.10. The maximum Gasteiger partial charge on any atom is 0.279 e. The molecule has 1 aliphatic carbocycles. The maximum absolute atomic E-state index is 7.23. The molecule has 1 unspecified atom stereocenters. The van der Waals surface area contributed by atoms with Gasteiger partial charge in [0.05, 0.1) is 13.7 Å². The summed E-state index contributed by atoms with van der Waals surface area (Å²) >= 11 is 0. The summed E-state index contributed by atoms with van der Waals surface area (Å²) in [7, 11) is -5.61. The van der Waals surface area contributed by atoms with Gasteiger partial charge < -0.3 is 9.47 Å². The quantitative estimate of drug-likeness (QED) is 0.348. The fraction of sp³-hybridized carbons (Fsp3) is 0.857. The van der Waals surface area contributed by atoms with Gasteiger partial charge in [0.25, 0.3) is 5.95 Å². The van der Waals surface area contributed by atoms with Crippen LogP contribution in [0.3, 0.4) is 0 Å². The molecular weight excluding hydrogens is 453 g/mol. The van der Waals surface area contributed by atoms with Crippen LogP contribution in [0.5, 0.6) is 0 Å². The van der Waals surface area contributed by atoms with Crippen molar-refractivity contribution < 1.29 is 9.47 Å². The summed E-state index contributed by atoms with van der Waals surface area (Å²) in [4.78, 5) is 0. The van der Waals surface area contributed by atoms with E-state index >= 15 is 0 Å². The van der Waals surface area contributed by atoms with Crippen molar-refractivity contribution in [3.63, 3.8) is 0 Å². The first-order valence-electron chi connectivity index (χ1n) is 13.2. The molecule has 33 heavy (non-hydrogen) atoms. The second-order valence-corrected chi connectivity index (χ2v) is 42.6. The average Bonchev–Trinajstić information content (AvgIpc) is 3.11. The molecule has 0 amide bonds. The van der Waals surface area contributed by atoms with Crippen LogP contribution in [0.25, 0.3) is 0 Å². The zero-order chi connectivity index (χ0) is 25.8. The second-order valence-electron chi connectivity index (χ2n) is 16.4. The highest BCUT2D eigenvalue weighted by atomic mass is 29.6. The molecule has 1 atom stereocenters. The topological polar surface area (TPSA) is 18.5 Å². The van der Waals surface area contributed by atoms with Gasteiger partial charge in [-0.2, -0.15) is 0 Å². The molecule has 2 heterocycles. The molecular formula is C28H54O2Si3. The van der Waals surface area contributed by atoms with E-state index in [2.05, 4.69) is 109 Å². The summed E-state index contributed by atoms with van der Waals surface area (Å²) < 4.78 is 13.5. The normalized spacial score (nSPS) is 26.4. The smallest absolute Gasteiger partial charge is 0.279 e. The van der Waals surface area contributed by atoms with Gasteiger partial charge in [-0.25, -0.2) is 0 Å². The lowest BCUT2D eigenvalue weighted by atomic mass is 9.77. The van der Waals surface area contributed by atoms with Crippen LogP contribution in [-0.2, 0) is 9.47 Å². The highest BCUT2D eigenvalue weighted by Crippen LogP contribution is 2.73. The summed E-state index contributed by atoms with van der Waals surface area (Å²) in [5.41, 5.74) is 2.99. The highest BCUT2D eigenvalue weighted by molar-refractivity contribution is 7.72. The number of fused-ring (bicyclic) bond motifs is 1. The maximum atomic E-state index is 7.23. The summed E-state index contributed by atoms with van der Waals surface area (Å²) in [6, 6.07) is 1.28. The van der Waals surface area contributed by atoms with E-state index in [1.165, 1.54) is 11.6 Å². The van der Waals surface area contributed by atoms with Crippen molar-refractivity contribution >= 4 is 22.3 Å². The highest BCUT2D eigenvalue weighted by Gasteiger charge is 2.80. The van der Waals surface area contributed by atoms with Crippen LogP contribution in [0.1, 0.15) is 89.5 Å². The average molecular weight is 507 g/mol. The van der Waals surface area contributed by atoms with Crippen molar-refractivity contribution in [2.75, 3.05) is 6.61 Å². The van der Waals surface area contributed by atoms with Crippen molar-refractivity contribution in [1.82, 2.24) is 0 Å². The lowest BCUT2D eigenvalue weighted by Crippen LogP contribution is -2.79. The number of ether oxygens (including phenoxy) is 2. The first kappa shape index (κ1) is 27.3. The third kappa shape index (κ3) is 3.41. The minimum atomic E-state index is -2.03. The van der Waals surface area contributed by atoms with Gasteiger partial charge in [-0.1, -0.05) is 109 Å². The molecule has 0 fully saturated rings. The SMILES string of the molecule is CC(C)(C)C1=C2C1(C(C)(C)C)OC1=C(CCO1)C[Si]2([Si](C)(C)C(C)(C)C)[Si](C)(C)C(C)(C)C. The summed E-state index contributed by atoms with van der Waals surface area (Å²) in [5.74, 6) is 0.911. The van der Waals surface area contributed by atoms with Crippen LogP contribution in [0.4, 0.5) is 0 Å². The van der Waals surface area contributed by atoms with Crippen LogP contribution < -0.4 is 0 Å². The van der Waals surface area contributed by atoms with Crippen LogP contribution in [0, 0.1) is 10.8 Å². The van der Waals surface area contributed by atoms with Crippen LogP contribution in [0.15, 0.2) is 22.3 Å². The Balaban J connectivity index is 2.56. The summed E-state index contributed by atoms with van der Waals surface area (Å²) in [6.07, 6.45) is 1.06. The van der Waals surface area contributed by atoms with Gasteiger partial charge >= 0.3 is 0 Å². The zero-order valence-electron chi connectivity index (χ0n) is 24.9. The molecule has 5 heteroatoms. The number of hydrogen-bond acceptors (Lipinski definition) is 2. The molecule has 0 aromatic rings. The molecule has 0 radical (unpaired) electrons. The molecule has 0 N–H and O–H groups in total. The number of hydrogen-bond donors (Lipinski definition) is 0. The van der Waals surface area contributed by atoms with E-state index in [0.717, 1.165) is 19.0 Å². The van der Waals surface area contributed by atoms with Crippen molar-refractivity contribution in [2.45, 2.75) is 137 Å². The van der Waals surface area contributed by atoms with Crippen LogP contribution in [-0.4, -0.2) is 34.5 Å². The minimum absolute atomic E-state index is 0.00231. The molecule has 190 valence electrons. The van der Waals surface area contributed by atoms with E-state index in [1.54, 1.807) is 5.57 Å². The molecule has 3 aliphatic rings. The largest absolute Gasteiger partial charge is 0.465 e. The van der Waals surface area contributed by atoms with E-state index in [1.807, 2.05) is 5.20 Å². The summed E-state index contributed by atoms with van der Waals surface area (Å²) in [6.45, 7) is 41.8. The first-order chi connectivity index (χ1) is 14.4. The van der Waals surface area contributed by atoms with Gasteiger partial charge in [-0.3, -0.25) is 0 Å². The minimum Gasteiger partial charge on any atom is -0.465 e. The molecule has 0 aromatic heterocycles. The Morgan fingerprint density at radius 2 is 1.21 bits per heavy atom. The van der Waals surface area contributed by atoms with Gasteiger partial charge in [0.2, 0.25) is 0 Å². The Hall–Kier alpha value is -0.269. The van der Waals surface area contributed by atoms with Gasteiger partial charge in [0.1, 0.15) is 0 Å². The Bertz CT molecular complexity index is 869. The molecule has 2 aliphatic heterocycles. The zero-order valence-corrected chi connectivity index (χ0v) is 27.9. The Labute approximate surface area is 208 Å². The summed E-state index contributed by atoms with van der Waals surface area (Å²) in [5, 5.41) is 2.51. The van der Waals surface area contributed by atoms with Crippen molar-refractivity contribution in [2.24, 2.45) is 10.8 Å². The molecule has 0 aromatic carbocycles. The van der Waals surface area contributed by atoms with E-state index in [9.17, 15) is 0 Å². The molecule has 0 bridgehead atoms. The van der Waals surface area contributed by atoms with Crippen molar-refractivity contribution in [3.05, 3.63) is 22.3 Å². The van der Waals surface area contributed by atoms with Gasteiger partial charge in [0.15, 0.2) is 5.60 Å². The molecule has 3 rings (SSSR count). The van der Waals surface area contributed by atoms with Crippen molar-refractivity contribution in [3.8, 4) is 0 Å². The van der Waals surface area contributed by atoms with E-state index in [-0.39, 0.29) is 16.4 Å². The molecule has 0 saturated carbocycles. The Morgan fingerprint density at radius 1 is 0.758 bits per heavy atom. The van der Waals surface area contributed by atoms with E-state index in [4.69, 9.17) is 9.47 Å². The third-order valence-corrected chi connectivity index (χ3v) is 56.0. The van der Waals surface area contributed by atoms with Gasteiger partial charge in [0, 0.05) is 32.6 Å². The van der Waals surface area contributed by atoms with Gasteiger partial charge in [-0.15, -0.1) is 0 Å². The lowest BCUT2D eigenvalue weighted by Gasteiger charge is -2.61. The number of rotatable bonds is 2. The fourth-order valence-corrected chi connectivity index (χ4v) is 59.2. The Morgan fingerprint density at radius 3 is 1.58 bits per heavy atom. The predicted molar refractivity (Wildman–Crippen MR) is 152 cm³/mol. The van der Waals surface area contributed by atoms with Crippen LogP contribution in [0.2, 0.25) is 42.3 Å². The lowest BCUT2D eigenvalue weighted by molar-refractivity contribution is -0.0549. The van der Waals surface area contributed by atoms with E-state index < -0.39 is 22.3 Å². The van der Waals surface area contributed by atoms with Gasteiger partial charge in [-0.05, 0) is 32.3 Å². The Kier molecular flexibility index (Phi) is 5.92. The van der Waals surface area contributed by atoms with Crippen LogP contribution >= 0.6 is 0 Å². The third-order valence-electron chi connectivity index (χ3n) is 10.7. The first-order valence-corrected chi connectivity index (χ1v) is 23.4. The monoisotopic (exact) mass is 506 g/mol. The predicted octanol–water partition coefficient (Wildman–Crippen LogP) is 8.95. The standard InChI is InChI=1S/C28H54O2Si3/c1-24(2,3)21-22-28(21,25(4,5)6)30-23-20(17-18-29-23)19-33(22,31(13,14)26(7,8)9)32(15,16)27(10,11)12/h17-19H2,1-16H3. The molecule has 0 spiro atoms.